The van der Waals surface area contributed by atoms with Crippen molar-refractivity contribution < 1.29 is 4.39 Å². The van der Waals surface area contributed by atoms with Gasteiger partial charge in [-0.15, -0.1) is 0 Å². The standard InChI is InChI=1S/C15H23FN2S/c1-3-12(17)9-11-5-4-6-14(16)15(11)18(2)13-7-8-19-10-13/h4-6,12-13H,3,7-10,17H2,1-2H3. The van der Waals surface area contributed by atoms with Crippen molar-refractivity contribution in [3.8, 4) is 0 Å². The van der Waals surface area contributed by atoms with Crippen LogP contribution >= 0.6 is 11.8 Å². The van der Waals surface area contributed by atoms with Gasteiger partial charge in [0, 0.05) is 24.9 Å². The van der Waals surface area contributed by atoms with E-state index in [2.05, 4.69) is 11.8 Å². The van der Waals surface area contributed by atoms with Crippen molar-refractivity contribution in [2.45, 2.75) is 38.3 Å². The molecule has 1 aliphatic heterocycles. The second kappa shape index (κ2) is 6.62. The summed E-state index contributed by atoms with van der Waals surface area (Å²) in [5, 5.41) is 0. The van der Waals surface area contributed by atoms with Crippen molar-refractivity contribution in [2.75, 3.05) is 23.5 Å². The lowest BCUT2D eigenvalue weighted by atomic mass is 10.0. The van der Waals surface area contributed by atoms with E-state index >= 15 is 0 Å². The Kier molecular flexibility index (Phi) is 5.11. The molecule has 1 fully saturated rings. The van der Waals surface area contributed by atoms with Crippen LogP contribution in [-0.2, 0) is 6.42 Å². The fourth-order valence-electron chi connectivity index (χ4n) is 2.56. The molecule has 0 amide bonds. The summed E-state index contributed by atoms with van der Waals surface area (Å²) in [5.41, 5.74) is 7.82. The number of anilines is 1. The van der Waals surface area contributed by atoms with Crippen LogP contribution in [-0.4, -0.2) is 30.6 Å². The maximum absolute atomic E-state index is 14.2. The van der Waals surface area contributed by atoms with Gasteiger partial charge in [-0.1, -0.05) is 19.1 Å². The third-order valence-corrected chi connectivity index (χ3v) is 5.03. The number of para-hydroxylation sites is 1. The SMILES string of the molecule is CCC(N)Cc1cccc(F)c1N(C)C1CCSC1. The van der Waals surface area contributed by atoms with E-state index in [4.69, 9.17) is 5.73 Å². The molecule has 0 radical (unpaired) electrons. The fraction of sp³-hybridized carbons (Fsp3) is 0.600. The van der Waals surface area contributed by atoms with Gasteiger partial charge in [0.05, 0.1) is 5.69 Å². The highest BCUT2D eigenvalue weighted by Gasteiger charge is 2.24. The Labute approximate surface area is 119 Å². The zero-order chi connectivity index (χ0) is 13.8. The predicted octanol–water partition coefficient (Wildman–Crippen LogP) is 3.05. The van der Waals surface area contributed by atoms with Gasteiger partial charge in [0.15, 0.2) is 0 Å². The molecule has 4 heteroatoms. The third-order valence-electron chi connectivity index (χ3n) is 3.88. The number of halogens is 1. The quantitative estimate of drug-likeness (QED) is 0.900. The first-order valence-electron chi connectivity index (χ1n) is 6.97. The molecule has 1 aromatic carbocycles. The average Bonchev–Trinajstić information content (AvgIpc) is 2.92. The van der Waals surface area contributed by atoms with Gasteiger partial charge in [-0.2, -0.15) is 11.8 Å². The first-order valence-corrected chi connectivity index (χ1v) is 8.12. The summed E-state index contributed by atoms with van der Waals surface area (Å²) >= 11 is 1.95. The molecule has 19 heavy (non-hydrogen) atoms. The summed E-state index contributed by atoms with van der Waals surface area (Å²) in [6.45, 7) is 2.07. The average molecular weight is 282 g/mol. The lowest BCUT2D eigenvalue weighted by Crippen LogP contribution is -2.33. The van der Waals surface area contributed by atoms with Crippen molar-refractivity contribution in [3.63, 3.8) is 0 Å². The Morgan fingerprint density at radius 2 is 2.32 bits per heavy atom. The van der Waals surface area contributed by atoms with E-state index in [1.165, 1.54) is 5.75 Å². The summed E-state index contributed by atoms with van der Waals surface area (Å²) in [6.07, 6.45) is 2.79. The largest absolute Gasteiger partial charge is 0.368 e. The topological polar surface area (TPSA) is 29.3 Å². The van der Waals surface area contributed by atoms with E-state index in [0.717, 1.165) is 36.3 Å². The lowest BCUT2D eigenvalue weighted by Gasteiger charge is -2.29. The van der Waals surface area contributed by atoms with E-state index in [1.54, 1.807) is 12.1 Å². The van der Waals surface area contributed by atoms with Gasteiger partial charge < -0.3 is 10.6 Å². The van der Waals surface area contributed by atoms with Crippen LogP contribution in [0.2, 0.25) is 0 Å². The molecule has 1 heterocycles. The molecule has 1 aliphatic rings. The molecule has 0 spiro atoms. The Morgan fingerprint density at radius 3 is 2.95 bits per heavy atom. The van der Waals surface area contributed by atoms with Crippen LogP contribution < -0.4 is 10.6 Å². The summed E-state index contributed by atoms with van der Waals surface area (Å²) < 4.78 is 14.2. The maximum Gasteiger partial charge on any atom is 0.146 e. The maximum atomic E-state index is 14.2. The normalized spacial score (nSPS) is 20.5. The molecule has 2 nitrogen and oxygen atoms in total. The van der Waals surface area contributed by atoms with E-state index in [-0.39, 0.29) is 11.9 Å². The molecule has 2 N–H and O–H groups in total. The van der Waals surface area contributed by atoms with Gasteiger partial charge in [0.2, 0.25) is 0 Å². The lowest BCUT2D eigenvalue weighted by molar-refractivity contribution is 0.595. The van der Waals surface area contributed by atoms with Gasteiger partial charge in [-0.25, -0.2) is 4.39 Å². The van der Waals surface area contributed by atoms with Crippen LogP contribution in [0.15, 0.2) is 18.2 Å². The number of benzene rings is 1. The third kappa shape index (κ3) is 3.42. The van der Waals surface area contributed by atoms with E-state index < -0.39 is 0 Å². The van der Waals surface area contributed by atoms with Gasteiger partial charge in [0.25, 0.3) is 0 Å². The highest BCUT2D eigenvalue weighted by molar-refractivity contribution is 7.99. The van der Waals surface area contributed by atoms with Crippen LogP contribution in [0.4, 0.5) is 10.1 Å². The van der Waals surface area contributed by atoms with E-state index in [1.807, 2.05) is 24.9 Å². The second-order valence-corrected chi connectivity index (χ2v) is 6.40. The molecule has 0 aliphatic carbocycles. The highest BCUT2D eigenvalue weighted by Crippen LogP contribution is 2.31. The van der Waals surface area contributed by atoms with Crippen molar-refractivity contribution >= 4 is 17.4 Å². The fourth-order valence-corrected chi connectivity index (χ4v) is 3.82. The highest BCUT2D eigenvalue weighted by atomic mass is 32.2. The zero-order valence-electron chi connectivity index (χ0n) is 11.7. The van der Waals surface area contributed by atoms with E-state index in [0.29, 0.717) is 6.04 Å². The molecule has 2 atom stereocenters. The first-order chi connectivity index (χ1) is 9.13. The van der Waals surface area contributed by atoms with E-state index in [9.17, 15) is 4.39 Å². The number of nitrogens with two attached hydrogens (primary N) is 1. The minimum absolute atomic E-state index is 0.104. The number of nitrogens with zero attached hydrogens (tertiary/aromatic N) is 1. The predicted molar refractivity (Wildman–Crippen MR) is 82.5 cm³/mol. The minimum Gasteiger partial charge on any atom is -0.368 e. The smallest absolute Gasteiger partial charge is 0.146 e. The molecule has 0 saturated carbocycles. The Balaban J connectivity index is 2.26. The minimum atomic E-state index is -0.125. The first kappa shape index (κ1) is 14.7. The van der Waals surface area contributed by atoms with Crippen molar-refractivity contribution in [1.29, 1.82) is 0 Å². The summed E-state index contributed by atoms with van der Waals surface area (Å²) in [5.74, 6) is 2.14. The van der Waals surface area contributed by atoms with Crippen molar-refractivity contribution in [2.24, 2.45) is 5.73 Å². The van der Waals surface area contributed by atoms with Crippen LogP contribution in [0.25, 0.3) is 0 Å². The molecule has 106 valence electrons. The summed E-state index contributed by atoms with van der Waals surface area (Å²) in [4.78, 5) is 2.12. The van der Waals surface area contributed by atoms with Crippen LogP contribution in [0, 0.1) is 5.82 Å². The molecular formula is C15H23FN2S. The van der Waals surface area contributed by atoms with Crippen LogP contribution in [0.3, 0.4) is 0 Å². The van der Waals surface area contributed by atoms with Crippen molar-refractivity contribution in [3.05, 3.63) is 29.6 Å². The Bertz CT molecular complexity index is 419. The molecule has 0 aromatic heterocycles. The monoisotopic (exact) mass is 282 g/mol. The van der Waals surface area contributed by atoms with Crippen molar-refractivity contribution in [1.82, 2.24) is 0 Å². The number of rotatable bonds is 5. The Hall–Kier alpha value is -0.740. The number of hydrogen-bond acceptors (Lipinski definition) is 3. The van der Waals surface area contributed by atoms with Crippen LogP contribution in [0.1, 0.15) is 25.3 Å². The number of thioether (sulfide) groups is 1. The molecule has 2 unspecified atom stereocenters. The summed E-state index contributed by atoms with van der Waals surface area (Å²) in [7, 11) is 2.01. The number of hydrogen-bond donors (Lipinski definition) is 1. The molecule has 1 aromatic rings. The molecule has 0 bridgehead atoms. The molecular weight excluding hydrogens is 259 g/mol. The van der Waals surface area contributed by atoms with Gasteiger partial charge in [0.1, 0.15) is 5.82 Å². The van der Waals surface area contributed by atoms with Gasteiger partial charge in [-0.05, 0) is 36.6 Å². The molecule has 1 saturated heterocycles. The Morgan fingerprint density at radius 1 is 1.53 bits per heavy atom. The van der Waals surface area contributed by atoms with Crippen LogP contribution in [0.5, 0.6) is 0 Å². The van der Waals surface area contributed by atoms with Gasteiger partial charge in [-0.3, -0.25) is 0 Å². The zero-order valence-corrected chi connectivity index (χ0v) is 12.5. The second-order valence-electron chi connectivity index (χ2n) is 5.25. The molecule has 2 rings (SSSR count). The summed E-state index contributed by atoms with van der Waals surface area (Å²) in [6, 6.07) is 5.89. The van der Waals surface area contributed by atoms with Gasteiger partial charge >= 0.3 is 0 Å².